The minimum Gasteiger partial charge on any atom is -0.333 e. The quantitative estimate of drug-likeness (QED) is 0.684. The Morgan fingerprint density at radius 3 is 2.47 bits per heavy atom. The lowest BCUT2D eigenvalue weighted by atomic mass is 10.0. The Kier molecular flexibility index (Phi) is 5.45. The topological polar surface area (TPSA) is 75.9 Å². The molecule has 1 aliphatic rings. The second kappa shape index (κ2) is 8.19. The molecule has 0 atom stereocenters. The minimum absolute atomic E-state index is 0.409. The van der Waals surface area contributed by atoms with Gasteiger partial charge < -0.3 is 10.2 Å². The molecule has 10 heteroatoms. The molecule has 3 aromatic rings. The maximum Gasteiger partial charge on any atom is 0.266 e. The van der Waals surface area contributed by atoms with Gasteiger partial charge in [-0.05, 0) is 40.6 Å². The van der Waals surface area contributed by atoms with Crippen molar-refractivity contribution in [1.29, 1.82) is 0 Å². The third-order valence-corrected chi connectivity index (χ3v) is 5.16. The van der Waals surface area contributed by atoms with E-state index in [1.54, 1.807) is 31.3 Å². The number of amides is 1. The van der Waals surface area contributed by atoms with E-state index in [9.17, 15) is 13.6 Å². The van der Waals surface area contributed by atoms with Crippen molar-refractivity contribution in [3.8, 4) is 0 Å². The van der Waals surface area contributed by atoms with Gasteiger partial charge in [0.15, 0.2) is 0 Å². The first-order valence-electron chi connectivity index (χ1n) is 9.14. The fraction of sp³-hybridized carbons (Fsp3) is 0.200. The van der Waals surface area contributed by atoms with Gasteiger partial charge in [0.05, 0.1) is 7.05 Å². The van der Waals surface area contributed by atoms with Crippen molar-refractivity contribution in [2.75, 3.05) is 23.3 Å². The average Bonchev–Trinajstić information content (AvgIpc) is 3.15. The van der Waals surface area contributed by atoms with Gasteiger partial charge in [-0.2, -0.15) is 4.80 Å². The van der Waals surface area contributed by atoms with Crippen molar-refractivity contribution in [2.45, 2.75) is 6.42 Å². The summed E-state index contributed by atoms with van der Waals surface area (Å²) < 4.78 is 27.6. The van der Waals surface area contributed by atoms with Crippen molar-refractivity contribution in [3.05, 3.63) is 70.3 Å². The lowest BCUT2D eigenvalue weighted by molar-refractivity contribution is 0.101. The summed E-state index contributed by atoms with van der Waals surface area (Å²) in [7, 11) is 1.70. The lowest BCUT2D eigenvalue weighted by Gasteiger charge is -2.28. The number of anilines is 2. The largest absolute Gasteiger partial charge is 0.333 e. The Balaban J connectivity index is 1.51. The van der Waals surface area contributed by atoms with Gasteiger partial charge in [-0.1, -0.05) is 34.9 Å². The highest BCUT2D eigenvalue weighted by Crippen LogP contribution is 2.31. The molecule has 0 bridgehead atoms. The highest BCUT2D eigenvalue weighted by Gasteiger charge is 2.22. The Morgan fingerprint density at radius 2 is 1.83 bits per heavy atom. The van der Waals surface area contributed by atoms with E-state index in [1.807, 2.05) is 4.90 Å². The fourth-order valence-corrected chi connectivity index (χ4v) is 3.48. The number of aromatic nitrogens is 4. The number of halogens is 3. The highest BCUT2D eigenvalue weighted by molar-refractivity contribution is 6.33. The maximum absolute atomic E-state index is 13.8. The number of rotatable bonds is 4. The number of nitrogens with zero attached hydrogens (tertiary/aromatic N) is 5. The number of nitrogens with one attached hydrogen (secondary N) is 1. The van der Waals surface area contributed by atoms with Crippen LogP contribution in [0.1, 0.15) is 22.3 Å². The molecule has 4 rings (SSSR count). The van der Waals surface area contributed by atoms with Crippen LogP contribution in [-0.4, -0.2) is 39.2 Å². The molecule has 7 nitrogen and oxygen atoms in total. The molecule has 1 amide bonds. The van der Waals surface area contributed by atoms with E-state index in [0.717, 1.165) is 28.3 Å². The summed E-state index contributed by atoms with van der Waals surface area (Å²) in [5, 5.41) is 15.4. The van der Waals surface area contributed by atoms with Gasteiger partial charge in [0.2, 0.25) is 0 Å². The molecular weight excluding hydrogens is 414 g/mol. The summed E-state index contributed by atoms with van der Waals surface area (Å²) in [6, 6.07) is 10.2. The van der Waals surface area contributed by atoms with Crippen LogP contribution in [0.15, 0.2) is 47.5 Å². The molecule has 0 fully saturated rings. The van der Waals surface area contributed by atoms with Crippen LogP contribution in [0.2, 0.25) is 0 Å². The molecule has 1 aromatic heterocycles. The summed E-state index contributed by atoms with van der Waals surface area (Å²) in [6.07, 6.45) is 0.639. The fourth-order valence-electron chi connectivity index (χ4n) is 3.22. The van der Waals surface area contributed by atoms with Crippen molar-refractivity contribution in [1.82, 2.24) is 20.2 Å². The molecule has 154 valence electrons. The van der Waals surface area contributed by atoms with E-state index in [-0.39, 0.29) is 0 Å². The van der Waals surface area contributed by atoms with Gasteiger partial charge in [0.1, 0.15) is 17.2 Å². The zero-order chi connectivity index (χ0) is 21.3. The Labute approximate surface area is 175 Å². The van der Waals surface area contributed by atoms with Crippen LogP contribution in [0.5, 0.6) is 0 Å². The molecule has 0 saturated carbocycles. The van der Waals surface area contributed by atoms with Crippen molar-refractivity contribution < 1.29 is 13.6 Å². The van der Waals surface area contributed by atoms with Crippen LogP contribution in [0.25, 0.3) is 5.57 Å². The number of tetrazole rings is 1. The second-order valence-corrected chi connectivity index (χ2v) is 7.22. The maximum atomic E-state index is 13.8. The monoisotopic (exact) mass is 430 g/mol. The van der Waals surface area contributed by atoms with Crippen LogP contribution in [0.4, 0.5) is 20.4 Å². The third-order valence-electron chi connectivity index (χ3n) is 4.74. The smallest absolute Gasteiger partial charge is 0.266 e. The van der Waals surface area contributed by atoms with Gasteiger partial charge in [-0.25, -0.2) is 8.78 Å². The number of hydrogen-bond donors (Lipinski definition) is 1. The first-order chi connectivity index (χ1) is 14.4. The van der Waals surface area contributed by atoms with Crippen molar-refractivity contribution in [3.63, 3.8) is 0 Å². The molecule has 2 aromatic carbocycles. The SMILES string of the molecule is Cn1nnc(N2CCC(Cl)=C(c3ccc(NC(=O)c4c(F)cccc4F)cc3)C2)n1. The van der Waals surface area contributed by atoms with Crippen LogP contribution in [0.3, 0.4) is 0 Å². The molecule has 2 heterocycles. The first-order valence-corrected chi connectivity index (χ1v) is 9.52. The third kappa shape index (κ3) is 4.02. The summed E-state index contributed by atoms with van der Waals surface area (Å²) in [6.45, 7) is 1.19. The zero-order valence-electron chi connectivity index (χ0n) is 15.9. The Bertz CT molecular complexity index is 1110. The normalized spacial score (nSPS) is 14.2. The molecule has 1 aliphatic heterocycles. The second-order valence-electron chi connectivity index (χ2n) is 6.76. The molecule has 30 heavy (non-hydrogen) atoms. The summed E-state index contributed by atoms with van der Waals surface area (Å²) >= 11 is 6.45. The number of benzene rings is 2. The summed E-state index contributed by atoms with van der Waals surface area (Å²) in [4.78, 5) is 15.6. The molecule has 1 N–H and O–H groups in total. The van der Waals surface area contributed by atoms with E-state index < -0.39 is 23.1 Å². The average molecular weight is 431 g/mol. The number of hydrogen-bond acceptors (Lipinski definition) is 5. The molecule has 0 spiro atoms. The molecule has 0 aliphatic carbocycles. The van der Waals surface area contributed by atoms with E-state index in [1.165, 1.54) is 10.9 Å². The number of aryl methyl sites for hydroxylation is 1. The van der Waals surface area contributed by atoms with Gasteiger partial charge >= 0.3 is 0 Å². The Morgan fingerprint density at radius 1 is 1.13 bits per heavy atom. The van der Waals surface area contributed by atoms with E-state index >= 15 is 0 Å². The van der Waals surface area contributed by atoms with Gasteiger partial charge in [0.25, 0.3) is 11.9 Å². The van der Waals surface area contributed by atoms with Crippen LogP contribution in [0, 0.1) is 11.6 Å². The molecule has 0 saturated heterocycles. The summed E-state index contributed by atoms with van der Waals surface area (Å²) in [5.41, 5.74) is 1.56. The van der Waals surface area contributed by atoms with Gasteiger partial charge in [-0.3, -0.25) is 4.79 Å². The van der Waals surface area contributed by atoms with Crippen molar-refractivity contribution in [2.24, 2.45) is 7.05 Å². The number of carbonyl (C=O) groups excluding carboxylic acids is 1. The molecular formula is C20H17ClF2N6O. The predicted octanol–water partition coefficient (Wildman–Crippen LogP) is 3.60. The predicted molar refractivity (Wildman–Crippen MR) is 109 cm³/mol. The van der Waals surface area contributed by atoms with E-state index in [0.29, 0.717) is 31.1 Å². The van der Waals surface area contributed by atoms with Crippen LogP contribution >= 0.6 is 11.6 Å². The molecule has 0 radical (unpaired) electrons. The van der Waals surface area contributed by atoms with Crippen molar-refractivity contribution >= 4 is 34.7 Å². The molecule has 0 unspecified atom stereocenters. The lowest BCUT2D eigenvalue weighted by Crippen LogP contribution is -2.31. The highest BCUT2D eigenvalue weighted by atomic mass is 35.5. The first kappa shape index (κ1) is 20.0. The van der Waals surface area contributed by atoms with Gasteiger partial charge in [0, 0.05) is 30.2 Å². The van der Waals surface area contributed by atoms with Crippen LogP contribution < -0.4 is 10.2 Å². The van der Waals surface area contributed by atoms with Crippen LogP contribution in [-0.2, 0) is 7.05 Å². The minimum atomic E-state index is -0.916. The Hall–Kier alpha value is -3.33. The standard InChI is InChI=1S/C20H17ClF2N6O/c1-28-26-20(25-27-28)29-10-9-15(21)14(11-29)12-5-7-13(8-6-12)24-19(30)18-16(22)3-2-4-17(18)23/h2-8H,9-11H2,1H3,(H,24,30). The van der Waals surface area contributed by atoms with Gasteiger partial charge in [-0.15, -0.1) is 5.10 Å². The van der Waals surface area contributed by atoms with E-state index in [2.05, 4.69) is 20.7 Å². The summed E-state index contributed by atoms with van der Waals surface area (Å²) in [5.74, 6) is -2.16. The zero-order valence-corrected chi connectivity index (χ0v) is 16.7. The van der Waals surface area contributed by atoms with E-state index in [4.69, 9.17) is 11.6 Å². The number of carbonyl (C=O) groups is 1.